The van der Waals surface area contributed by atoms with E-state index in [9.17, 15) is 0 Å². The van der Waals surface area contributed by atoms with Crippen LogP contribution in [0.4, 0.5) is 0 Å². The maximum Gasteiger partial charge on any atom is 0.113 e. The SMILES string of the molecule is CCc1cnc(Cn2cccc2)s1. The van der Waals surface area contributed by atoms with Crippen LogP contribution >= 0.6 is 11.3 Å². The van der Waals surface area contributed by atoms with Crippen LogP contribution < -0.4 is 0 Å². The van der Waals surface area contributed by atoms with E-state index >= 15 is 0 Å². The van der Waals surface area contributed by atoms with Crippen LogP contribution in [0.2, 0.25) is 0 Å². The van der Waals surface area contributed by atoms with Crippen molar-refractivity contribution in [3.63, 3.8) is 0 Å². The van der Waals surface area contributed by atoms with Crippen LogP contribution in [0.5, 0.6) is 0 Å². The fourth-order valence-electron chi connectivity index (χ4n) is 1.22. The minimum Gasteiger partial charge on any atom is -0.347 e. The zero-order chi connectivity index (χ0) is 9.10. The summed E-state index contributed by atoms with van der Waals surface area (Å²) in [4.78, 5) is 5.72. The Hall–Kier alpha value is -1.09. The summed E-state index contributed by atoms with van der Waals surface area (Å²) in [7, 11) is 0. The number of thiazole rings is 1. The summed E-state index contributed by atoms with van der Waals surface area (Å²) in [6, 6.07) is 4.07. The first-order valence-corrected chi connectivity index (χ1v) is 5.24. The molecular weight excluding hydrogens is 180 g/mol. The summed E-state index contributed by atoms with van der Waals surface area (Å²) in [6.07, 6.45) is 7.19. The predicted octanol–water partition coefficient (Wildman–Crippen LogP) is 2.56. The Bertz CT molecular complexity index is 362. The van der Waals surface area contributed by atoms with Gasteiger partial charge in [-0.05, 0) is 18.6 Å². The Morgan fingerprint density at radius 2 is 2.15 bits per heavy atom. The second kappa shape index (κ2) is 3.75. The van der Waals surface area contributed by atoms with E-state index in [-0.39, 0.29) is 0 Å². The van der Waals surface area contributed by atoms with E-state index in [0.717, 1.165) is 13.0 Å². The molecule has 0 atom stereocenters. The van der Waals surface area contributed by atoms with Crippen LogP contribution in [0.1, 0.15) is 16.8 Å². The first-order valence-electron chi connectivity index (χ1n) is 4.43. The summed E-state index contributed by atoms with van der Waals surface area (Å²) in [5, 5.41) is 1.19. The van der Waals surface area contributed by atoms with Gasteiger partial charge in [-0.15, -0.1) is 11.3 Å². The van der Waals surface area contributed by atoms with Crippen molar-refractivity contribution in [2.45, 2.75) is 19.9 Å². The van der Waals surface area contributed by atoms with E-state index in [0.29, 0.717) is 0 Å². The van der Waals surface area contributed by atoms with Crippen LogP contribution in [0.25, 0.3) is 0 Å². The van der Waals surface area contributed by atoms with Gasteiger partial charge in [0, 0.05) is 23.5 Å². The van der Waals surface area contributed by atoms with Gasteiger partial charge < -0.3 is 4.57 Å². The number of aromatic nitrogens is 2. The Balaban J connectivity index is 2.10. The molecule has 0 saturated heterocycles. The Labute approximate surface area is 81.9 Å². The molecule has 0 N–H and O–H groups in total. The molecule has 0 bridgehead atoms. The minimum atomic E-state index is 0.900. The average molecular weight is 192 g/mol. The van der Waals surface area contributed by atoms with Crippen molar-refractivity contribution in [1.82, 2.24) is 9.55 Å². The molecule has 2 rings (SSSR count). The monoisotopic (exact) mass is 192 g/mol. The quantitative estimate of drug-likeness (QED) is 0.730. The molecule has 0 aromatic carbocycles. The third-order valence-corrected chi connectivity index (χ3v) is 3.06. The summed E-state index contributed by atoms with van der Waals surface area (Å²) in [6.45, 7) is 3.06. The molecule has 0 aliphatic rings. The van der Waals surface area contributed by atoms with Crippen LogP contribution in [0, 0.1) is 0 Å². The van der Waals surface area contributed by atoms with Gasteiger partial charge in [0.15, 0.2) is 0 Å². The highest BCUT2D eigenvalue weighted by molar-refractivity contribution is 7.11. The Morgan fingerprint density at radius 1 is 1.38 bits per heavy atom. The second-order valence-corrected chi connectivity index (χ2v) is 4.13. The first kappa shape index (κ1) is 8.51. The lowest BCUT2D eigenvalue weighted by Gasteiger charge is -1.96. The van der Waals surface area contributed by atoms with Crippen molar-refractivity contribution in [2.75, 3.05) is 0 Å². The fourth-order valence-corrected chi connectivity index (χ4v) is 2.09. The van der Waals surface area contributed by atoms with Crippen LogP contribution in [-0.2, 0) is 13.0 Å². The van der Waals surface area contributed by atoms with Gasteiger partial charge in [0.1, 0.15) is 5.01 Å². The molecule has 68 valence electrons. The van der Waals surface area contributed by atoms with Gasteiger partial charge in [-0.1, -0.05) is 6.92 Å². The molecule has 0 aliphatic carbocycles. The molecule has 13 heavy (non-hydrogen) atoms. The number of hydrogen-bond acceptors (Lipinski definition) is 2. The van der Waals surface area contributed by atoms with Crippen molar-refractivity contribution in [2.24, 2.45) is 0 Å². The average Bonchev–Trinajstić information content (AvgIpc) is 2.76. The Morgan fingerprint density at radius 3 is 2.77 bits per heavy atom. The van der Waals surface area contributed by atoms with Gasteiger partial charge in [0.25, 0.3) is 0 Å². The molecule has 0 spiro atoms. The predicted molar refractivity (Wildman–Crippen MR) is 55.0 cm³/mol. The molecule has 2 heterocycles. The number of aryl methyl sites for hydroxylation is 1. The van der Waals surface area contributed by atoms with E-state index in [1.54, 1.807) is 11.3 Å². The normalized spacial score (nSPS) is 10.5. The highest BCUT2D eigenvalue weighted by Gasteiger charge is 1.99. The standard InChI is InChI=1S/C10H12N2S/c1-2-9-7-11-10(13-9)8-12-5-3-4-6-12/h3-7H,2,8H2,1H3. The second-order valence-electron chi connectivity index (χ2n) is 2.93. The molecule has 2 aromatic rings. The van der Waals surface area contributed by atoms with Gasteiger partial charge >= 0.3 is 0 Å². The third-order valence-electron chi connectivity index (χ3n) is 1.93. The lowest BCUT2D eigenvalue weighted by molar-refractivity contribution is 0.799. The van der Waals surface area contributed by atoms with E-state index in [4.69, 9.17) is 0 Å². The van der Waals surface area contributed by atoms with Gasteiger partial charge in [-0.25, -0.2) is 4.98 Å². The molecule has 0 unspecified atom stereocenters. The van der Waals surface area contributed by atoms with Gasteiger partial charge in [-0.2, -0.15) is 0 Å². The topological polar surface area (TPSA) is 17.8 Å². The van der Waals surface area contributed by atoms with Crippen molar-refractivity contribution in [1.29, 1.82) is 0 Å². The maximum absolute atomic E-state index is 4.36. The summed E-state index contributed by atoms with van der Waals surface area (Å²) in [5.74, 6) is 0. The molecular formula is C10H12N2S. The van der Waals surface area contributed by atoms with E-state index in [1.165, 1.54) is 9.88 Å². The lowest BCUT2D eigenvalue weighted by Crippen LogP contribution is -1.94. The number of rotatable bonds is 3. The van der Waals surface area contributed by atoms with Crippen molar-refractivity contribution < 1.29 is 0 Å². The van der Waals surface area contributed by atoms with Crippen molar-refractivity contribution in [3.05, 3.63) is 40.6 Å². The highest BCUT2D eigenvalue weighted by Crippen LogP contribution is 2.14. The number of hydrogen-bond donors (Lipinski definition) is 0. The third kappa shape index (κ3) is 1.98. The molecule has 0 amide bonds. The van der Waals surface area contributed by atoms with E-state index in [2.05, 4.69) is 28.9 Å². The molecule has 2 nitrogen and oxygen atoms in total. The largest absolute Gasteiger partial charge is 0.347 e. The number of nitrogens with zero attached hydrogens (tertiary/aromatic N) is 2. The highest BCUT2D eigenvalue weighted by atomic mass is 32.1. The van der Waals surface area contributed by atoms with Gasteiger partial charge in [-0.3, -0.25) is 0 Å². The van der Waals surface area contributed by atoms with Crippen molar-refractivity contribution >= 4 is 11.3 Å². The zero-order valence-electron chi connectivity index (χ0n) is 7.60. The molecule has 0 radical (unpaired) electrons. The Kier molecular flexibility index (Phi) is 2.45. The maximum atomic E-state index is 4.36. The molecule has 2 aromatic heterocycles. The molecule has 3 heteroatoms. The fraction of sp³-hybridized carbons (Fsp3) is 0.300. The van der Waals surface area contributed by atoms with Crippen LogP contribution in [0.15, 0.2) is 30.7 Å². The van der Waals surface area contributed by atoms with E-state index in [1.807, 2.05) is 18.3 Å². The summed E-state index contributed by atoms with van der Waals surface area (Å²) in [5.41, 5.74) is 0. The zero-order valence-corrected chi connectivity index (χ0v) is 8.42. The van der Waals surface area contributed by atoms with E-state index < -0.39 is 0 Å². The molecule has 0 aliphatic heterocycles. The molecule has 0 fully saturated rings. The van der Waals surface area contributed by atoms with Gasteiger partial charge in [0.2, 0.25) is 0 Å². The van der Waals surface area contributed by atoms with Gasteiger partial charge in [0.05, 0.1) is 6.54 Å². The minimum absolute atomic E-state index is 0.900. The van der Waals surface area contributed by atoms with Crippen LogP contribution in [-0.4, -0.2) is 9.55 Å². The summed E-state index contributed by atoms with van der Waals surface area (Å²) < 4.78 is 2.14. The smallest absolute Gasteiger partial charge is 0.113 e. The first-order chi connectivity index (χ1) is 6.38. The molecule has 0 saturated carbocycles. The van der Waals surface area contributed by atoms with Crippen molar-refractivity contribution in [3.8, 4) is 0 Å². The lowest BCUT2D eigenvalue weighted by atomic mass is 10.4. The van der Waals surface area contributed by atoms with Crippen LogP contribution in [0.3, 0.4) is 0 Å². The summed E-state index contributed by atoms with van der Waals surface area (Å²) >= 11 is 1.80.